The van der Waals surface area contributed by atoms with Crippen LogP contribution in [0.3, 0.4) is 0 Å². The number of aliphatic carboxylic acids is 1. The van der Waals surface area contributed by atoms with E-state index in [2.05, 4.69) is 9.94 Å². The van der Waals surface area contributed by atoms with E-state index in [-0.39, 0.29) is 12.4 Å². The lowest BCUT2D eigenvalue weighted by molar-refractivity contribution is -0.389. The van der Waals surface area contributed by atoms with Crippen molar-refractivity contribution in [1.82, 2.24) is 15.3 Å². The number of rotatable bonds is 6. The van der Waals surface area contributed by atoms with Gasteiger partial charge in [0.25, 0.3) is 5.91 Å². The monoisotopic (exact) mass is 244 g/mol. The molecule has 0 aliphatic rings. The van der Waals surface area contributed by atoms with Crippen molar-refractivity contribution < 1.29 is 24.5 Å². The predicted molar refractivity (Wildman–Crippen MR) is 50.6 cm³/mol. The van der Waals surface area contributed by atoms with Crippen LogP contribution >= 0.6 is 0 Å². The van der Waals surface area contributed by atoms with Crippen LogP contribution in [0.2, 0.25) is 0 Å². The molecule has 0 saturated heterocycles. The molecule has 0 spiro atoms. The first-order valence-corrected chi connectivity index (χ1v) is 4.29. The standard InChI is InChI=1S/C7H8N4O6/c12-6(9-17-4-7(13)14)3-10-2-1-5(8-10)11(15)16/h1-2H,3-4H2,(H,9,12)(H,13,14). The second kappa shape index (κ2) is 5.55. The van der Waals surface area contributed by atoms with Gasteiger partial charge in [0.2, 0.25) is 0 Å². The molecular weight excluding hydrogens is 236 g/mol. The number of carbonyl (C=O) groups is 2. The third-order valence-corrected chi connectivity index (χ3v) is 1.50. The average Bonchev–Trinajstić information content (AvgIpc) is 2.65. The Labute approximate surface area is 93.9 Å². The molecule has 1 aromatic rings. The Balaban J connectivity index is 2.39. The lowest BCUT2D eigenvalue weighted by Gasteiger charge is -2.01. The van der Waals surface area contributed by atoms with Gasteiger partial charge in [0.15, 0.2) is 6.61 Å². The normalized spacial score (nSPS) is 9.88. The number of aromatic nitrogens is 2. The molecule has 0 bridgehead atoms. The molecule has 0 radical (unpaired) electrons. The second-order valence-corrected chi connectivity index (χ2v) is 2.84. The van der Waals surface area contributed by atoms with E-state index in [0.717, 1.165) is 10.7 Å². The van der Waals surface area contributed by atoms with E-state index in [1.807, 2.05) is 5.48 Å². The number of nitro groups is 1. The highest BCUT2D eigenvalue weighted by atomic mass is 16.7. The van der Waals surface area contributed by atoms with Gasteiger partial charge >= 0.3 is 11.8 Å². The minimum Gasteiger partial charge on any atom is -0.479 e. The first-order valence-electron chi connectivity index (χ1n) is 4.29. The maximum atomic E-state index is 11.1. The lowest BCUT2D eigenvalue weighted by Crippen LogP contribution is -2.30. The highest BCUT2D eigenvalue weighted by molar-refractivity contribution is 5.75. The van der Waals surface area contributed by atoms with E-state index in [1.165, 1.54) is 6.20 Å². The van der Waals surface area contributed by atoms with E-state index in [4.69, 9.17) is 5.11 Å². The zero-order valence-electron chi connectivity index (χ0n) is 8.40. The van der Waals surface area contributed by atoms with Gasteiger partial charge in [0, 0.05) is 0 Å². The van der Waals surface area contributed by atoms with Gasteiger partial charge in [0.05, 0.1) is 17.4 Å². The van der Waals surface area contributed by atoms with Crippen molar-refractivity contribution >= 4 is 17.7 Å². The summed E-state index contributed by atoms with van der Waals surface area (Å²) in [4.78, 5) is 35.1. The van der Waals surface area contributed by atoms with Gasteiger partial charge in [-0.3, -0.25) is 9.63 Å². The van der Waals surface area contributed by atoms with E-state index in [1.54, 1.807) is 0 Å². The molecule has 0 unspecified atom stereocenters. The van der Waals surface area contributed by atoms with E-state index < -0.39 is 23.4 Å². The Morgan fingerprint density at radius 3 is 2.88 bits per heavy atom. The van der Waals surface area contributed by atoms with Crippen molar-refractivity contribution in [2.24, 2.45) is 0 Å². The molecule has 0 saturated carbocycles. The highest BCUT2D eigenvalue weighted by Crippen LogP contribution is 2.04. The molecule has 1 aromatic heterocycles. The predicted octanol–water partition coefficient (Wildman–Crippen LogP) is -1.08. The van der Waals surface area contributed by atoms with Gasteiger partial charge in [-0.15, -0.1) is 0 Å². The number of nitrogens with one attached hydrogen (secondary N) is 1. The molecule has 0 fully saturated rings. The van der Waals surface area contributed by atoms with Crippen LogP contribution in [0.1, 0.15) is 0 Å². The minimum absolute atomic E-state index is 0.312. The Bertz CT molecular complexity index is 441. The smallest absolute Gasteiger partial charge is 0.389 e. The summed E-state index contributed by atoms with van der Waals surface area (Å²) in [6.45, 7) is -0.988. The van der Waals surface area contributed by atoms with Crippen LogP contribution in [0.15, 0.2) is 12.3 Å². The fraction of sp³-hybridized carbons (Fsp3) is 0.286. The summed E-state index contributed by atoms with van der Waals surface area (Å²) in [7, 11) is 0. The van der Waals surface area contributed by atoms with Gasteiger partial charge in [0.1, 0.15) is 6.54 Å². The molecule has 1 heterocycles. The SMILES string of the molecule is O=C(O)CONC(=O)Cn1ccc([N+](=O)[O-])n1. The topological polar surface area (TPSA) is 137 Å². The number of nitrogens with zero attached hydrogens (tertiary/aromatic N) is 3. The molecule has 17 heavy (non-hydrogen) atoms. The molecule has 2 N–H and O–H groups in total. The Morgan fingerprint density at radius 1 is 1.65 bits per heavy atom. The number of carboxylic acid groups (broad SMARTS) is 1. The third kappa shape index (κ3) is 4.25. The summed E-state index contributed by atoms with van der Waals surface area (Å²) < 4.78 is 1.03. The van der Waals surface area contributed by atoms with Crippen LogP contribution in [0.25, 0.3) is 0 Å². The fourth-order valence-electron chi connectivity index (χ4n) is 0.894. The molecule has 1 amide bonds. The Morgan fingerprint density at radius 2 is 2.35 bits per heavy atom. The molecule has 0 aromatic carbocycles. The molecular formula is C7H8N4O6. The summed E-state index contributed by atoms with van der Waals surface area (Å²) in [6, 6.07) is 1.13. The number of hydrogen-bond acceptors (Lipinski definition) is 6. The molecule has 92 valence electrons. The van der Waals surface area contributed by atoms with E-state index >= 15 is 0 Å². The quantitative estimate of drug-likeness (QED) is 0.479. The zero-order valence-corrected chi connectivity index (χ0v) is 8.40. The van der Waals surface area contributed by atoms with Crippen LogP contribution in [-0.4, -0.2) is 38.3 Å². The van der Waals surface area contributed by atoms with E-state index in [0.29, 0.717) is 0 Å². The molecule has 10 nitrogen and oxygen atoms in total. The fourth-order valence-corrected chi connectivity index (χ4v) is 0.894. The summed E-state index contributed by atoms with van der Waals surface area (Å²) in [6.07, 6.45) is 1.24. The van der Waals surface area contributed by atoms with Crippen LogP contribution in [0.4, 0.5) is 5.82 Å². The van der Waals surface area contributed by atoms with Crippen molar-refractivity contribution in [3.8, 4) is 0 Å². The largest absolute Gasteiger partial charge is 0.479 e. The molecule has 0 atom stereocenters. The van der Waals surface area contributed by atoms with Crippen molar-refractivity contribution in [3.63, 3.8) is 0 Å². The minimum atomic E-state index is -1.24. The van der Waals surface area contributed by atoms with Crippen LogP contribution in [-0.2, 0) is 21.0 Å². The van der Waals surface area contributed by atoms with Gasteiger partial charge in [-0.2, -0.15) is 4.68 Å². The summed E-state index contributed by atoms with van der Waals surface area (Å²) >= 11 is 0. The van der Waals surface area contributed by atoms with Gasteiger partial charge in [-0.25, -0.2) is 10.3 Å². The van der Waals surface area contributed by atoms with Crippen molar-refractivity contribution in [2.45, 2.75) is 6.54 Å². The van der Waals surface area contributed by atoms with Gasteiger partial charge in [-0.05, 0) is 4.92 Å². The molecule has 0 aliphatic heterocycles. The maximum absolute atomic E-state index is 11.1. The number of amides is 1. The number of hydroxylamine groups is 1. The third-order valence-electron chi connectivity index (χ3n) is 1.50. The van der Waals surface area contributed by atoms with Crippen molar-refractivity contribution in [3.05, 3.63) is 22.4 Å². The Hall–Kier alpha value is -2.49. The zero-order chi connectivity index (χ0) is 12.8. The summed E-state index contributed by atoms with van der Waals surface area (Å²) in [5.41, 5.74) is 1.85. The lowest BCUT2D eigenvalue weighted by atomic mass is 10.6. The highest BCUT2D eigenvalue weighted by Gasteiger charge is 2.13. The summed E-state index contributed by atoms with van der Waals surface area (Å²) in [5, 5.41) is 22.0. The van der Waals surface area contributed by atoms with Gasteiger partial charge < -0.3 is 15.2 Å². The maximum Gasteiger partial charge on any atom is 0.389 e. The number of hydrogen-bond donors (Lipinski definition) is 2. The van der Waals surface area contributed by atoms with Crippen LogP contribution < -0.4 is 5.48 Å². The molecule has 1 rings (SSSR count). The molecule has 0 aliphatic carbocycles. The van der Waals surface area contributed by atoms with E-state index in [9.17, 15) is 19.7 Å². The van der Waals surface area contributed by atoms with Crippen LogP contribution in [0.5, 0.6) is 0 Å². The summed E-state index contributed by atoms with van der Waals surface area (Å²) in [5.74, 6) is -2.30. The average molecular weight is 244 g/mol. The number of carboxylic acids is 1. The van der Waals surface area contributed by atoms with Crippen molar-refractivity contribution in [2.75, 3.05) is 6.61 Å². The van der Waals surface area contributed by atoms with Gasteiger partial charge in [-0.1, -0.05) is 0 Å². The van der Waals surface area contributed by atoms with Crippen LogP contribution in [0, 0.1) is 10.1 Å². The number of carbonyl (C=O) groups excluding carboxylic acids is 1. The first kappa shape index (κ1) is 12.6. The molecule has 10 heteroatoms. The second-order valence-electron chi connectivity index (χ2n) is 2.84. The van der Waals surface area contributed by atoms with Crippen molar-refractivity contribution in [1.29, 1.82) is 0 Å². The first-order chi connectivity index (χ1) is 7.99. The Kier molecular flexibility index (Phi) is 4.11.